The van der Waals surface area contributed by atoms with Gasteiger partial charge in [0.05, 0.1) is 17.1 Å². The minimum atomic E-state index is -4.29. The van der Waals surface area contributed by atoms with Crippen molar-refractivity contribution in [3.8, 4) is 0 Å². The minimum Gasteiger partial charge on any atom is -0.357 e. The van der Waals surface area contributed by atoms with Crippen molar-refractivity contribution in [3.05, 3.63) is 51.5 Å². The molecule has 4 nitrogen and oxygen atoms in total. The molecule has 1 aromatic heterocycles. The Balaban J connectivity index is 1.86. The first-order chi connectivity index (χ1) is 11.9. The number of aliphatic imine (C=N–C) groups is 1. The number of thiazole rings is 1. The van der Waals surface area contributed by atoms with Crippen LogP contribution in [0.2, 0.25) is 0 Å². The van der Waals surface area contributed by atoms with Crippen molar-refractivity contribution in [3.63, 3.8) is 0 Å². The number of nitrogens with one attached hydrogen (secondary N) is 2. The summed E-state index contributed by atoms with van der Waals surface area (Å²) >= 11 is 1.61. The number of alkyl halides is 3. The molecule has 1 heterocycles. The fraction of sp³-hybridized carbons (Fsp3) is 0.412. The lowest BCUT2D eigenvalue weighted by Gasteiger charge is -2.11. The van der Waals surface area contributed by atoms with E-state index in [-0.39, 0.29) is 0 Å². The molecular formula is C17H21F3N4S. The molecule has 0 aliphatic heterocycles. The second-order valence-corrected chi connectivity index (χ2v) is 6.73. The molecule has 0 unspecified atom stereocenters. The second kappa shape index (κ2) is 8.84. The van der Waals surface area contributed by atoms with E-state index in [1.165, 1.54) is 12.1 Å². The third-order valence-corrected chi connectivity index (χ3v) is 4.29. The lowest BCUT2D eigenvalue weighted by atomic mass is 10.1. The molecule has 0 aliphatic rings. The van der Waals surface area contributed by atoms with E-state index in [4.69, 9.17) is 0 Å². The second-order valence-electron chi connectivity index (χ2n) is 5.41. The van der Waals surface area contributed by atoms with Gasteiger partial charge in [-0.1, -0.05) is 12.1 Å². The zero-order valence-electron chi connectivity index (χ0n) is 14.2. The predicted octanol–water partition coefficient (Wildman–Crippen LogP) is 3.77. The molecule has 0 amide bonds. The smallest absolute Gasteiger partial charge is 0.357 e. The van der Waals surface area contributed by atoms with E-state index in [0.29, 0.717) is 25.5 Å². The highest BCUT2D eigenvalue weighted by atomic mass is 32.1. The SMILES string of the molecule is CCNC(=NCc1cnc(C)s1)NCCc1ccc(C(F)(F)F)cc1. The summed E-state index contributed by atoms with van der Waals surface area (Å²) in [4.78, 5) is 9.77. The molecular weight excluding hydrogens is 349 g/mol. The van der Waals surface area contributed by atoms with Gasteiger partial charge in [0, 0.05) is 24.2 Å². The van der Waals surface area contributed by atoms with Gasteiger partial charge in [-0.05, 0) is 38.0 Å². The molecule has 2 rings (SSSR count). The van der Waals surface area contributed by atoms with Crippen LogP contribution in [0.1, 0.15) is 27.9 Å². The van der Waals surface area contributed by atoms with Gasteiger partial charge in [-0.15, -0.1) is 11.3 Å². The quantitative estimate of drug-likeness (QED) is 0.601. The number of aryl methyl sites for hydroxylation is 1. The van der Waals surface area contributed by atoms with Crippen LogP contribution in [0.5, 0.6) is 0 Å². The fourth-order valence-corrected chi connectivity index (χ4v) is 2.88. The van der Waals surface area contributed by atoms with Gasteiger partial charge in [0.25, 0.3) is 0 Å². The number of hydrogen-bond acceptors (Lipinski definition) is 3. The Hall–Kier alpha value is -2.09. The minimum absolute atomic E-state index is 0.543. The number of benzene rings is 1. The first kappa shape index (κ1) is 19.2. The van der Waals surface area contributed by atoms with E-state index in [1.54, 1.807) is 11.3 Å². The van der Waals surface area contributed by atoms with E-state index in [2.05, 4.69) is 20.6 Å². The van der Waals surface area contributed by atoms with Crippen LogP contribution in [-0.2, 0) is 19.1 Å². The molecule has 0 bridgehead atoms. The first-order valence-corrected chi connectivity index (χ1v) is 8.79. The summed E-state index contributed by atoms with van der Waals surface area (Å²) in [5, 5.41) is 7.35. The Morgan fingerprint density at radius 1 is 1.20 bits per heavy atom. The molecule has 2 aromatic rings. The molecule has 0 aliphatic carbocycles. The number of aromatic nitrogens is 1. The van der Waals surface area contributed by atoms with Crippen LogP contribution in [-0.4, -0.2) is 24.0 Å². The normalized spacial score (nSPS) is 12.3. The number of halogens is 3. The lowest BCUT2D eigenvalue weighted by molar-refractivity contribution is -0.137. The van der Waals surface area contributed by atoms with Crippen LogP contribution >= 0.6 is 11.3 Å². The van der Waals surface area contributed by atoms with Crippen molar-refractivity contribution in [2.75, 3.05) is 13.1 Å². The Morgan fingerprint density at radius 2 is 1.92 bits per heavy atom. The maximum Gasteiger partial charge on any atom is 0.416 e. The summed E-state index contributed by atoms with van der Waals surface area (Å²) in [6.07, 6.45) is -1.87. The lowest BCUT2D eigenvalue weighted by Crippen LogP contribution is -2.38. The molecule has 0 saturated heterocycles. The Bertz CT molecular complexity index is 693. The zero-order valence-corrected chi connectivity index (χ0v) is 15.0. The van der Waals surface area contributed by atoms with Gasteiger partial charge in [-0.3, -0.25) is 0 Å². The van der Waals surface area contributed by atoms with Crippen LogP contribution in [0.15, 0.2) is 35.5 Å². The van der Waals surface area contributed by atoms with Gasteiger partial charge >= 0.3 is 6.18 Å². The number of hydrogen-bond donors (Lipinski definition) is 2. The van der Waals surface area contributed by atoms with Crippen LogP contribution in [0.3, 0.4) is 0 Å². The van der Waals surface area contributed by atoms with Crippen LogP contribution in [0, 0.1) is 6.92 Å². The third-order valence-electron chi connectivity index (χ3n) is 3.39. The Kier molecular flexibility index (Phi) is 6.81. The Labute approximate surface area is 149 Å². The highest BCUT2D eigenvalue weighted by molar-refractivity contribution is 7.11. The van der Waals surface area contributed by atoms with Crippen molar-refractivity contribution < 1.29 is 13.2 Å². The molecule has 0 saturated carbocycles. The van der Waals surface area contributed by atoms with Gasteiger partial charge in [0.1, 0.15) is 0 Å². The summed E-state index contributed by atoms with van der Waals surface area (Å²) in [6, 6.07) is 5.24. The molecule has 2 N–H and O–H groups in total. The standard InChI is InChI=1S/C17H21F3N4S/c1-3-21-16(24-11-15-10-23-12(2)25-15)22-9-8-13-4-6-14(7-5-13)17(18,19)20/h4-7,10H,3,8-9,11H2,1-2H3,(H2,21,22,24). The Morgan fingerprint density at radius 3 is 2.48 bits per heavy atom. The van der Waals surface area contributed by atoms with Crippen molar-refractivity contribution in [2.24, 2.45) is 4.99 Å². The van der Waals surface area contributed by atoms with E-state index in [9.17, 15) is 13.2 Å². The van der Waals surface area contributed by atoms with Crippen molar-refractivity contribution >= 4 is 17.3 Å². The average molecular weight is 370 g/mol. The number of nitrogens with zero attached hydrogens (tertiary/aromatic N) is 2. The molecule has 136 valence electrons. The number of guanidine groups is 1. The summed E-state index contributed by atoms with van der Waals surface area (Å²) in [5.41, 5.74) is 0.216. The van der Waals surface area contributed by atoms with Gasteiger partial charge in [0.2, 0.25) is 0 Å². The van der Waals surface area contributed by atoms with Crippen molar-refractivity contribution in [2.45, 2.75) is 33.0 Å². The molecule has 8 heteroatoms. The van der Waals surface area contributed by atoms with Gasteiger partial charge in [-0.25, -0.2) is 9.98 Å². The van der Waals surface area contributed by atoms with Crippen LogP contribution < -0.4 is 10.6 Å². The van der Waals surface area contributed by atoms with E-state index in [0.717, 1.165) is 34.1 Å². The summed E-state index contributed by atoms with van der Waals surface area (Å²) < 4.78 is 37.6. The topological polar surface area (TPSA) is 49.3 Å². The fourth-order valence-electron chi connectivity index (χ4n) is 2.16. The van der Waals surface area contributed by atoms with Gasteiger partial charge < -0.3 is 10.6 Å². The average Bonchev–Trinajstić information content (AvgIpc) is 2.98. The van der Waals surface area contributed by atoms with Gasteiger partial charge in [0.15, 0.2) is 5.96 Å². The number of rotatable bonds is 6. The third kappa shape index (κ3) is 6.38. The molecule has 25 heavy (non-hydrogen) atoms. The van der Waals surface area contributed by atoms with E-state index >= 15 is 0 Å². The maximum atomic E-state index is 12.5. The highest BCUT2D eigenvalue weighted by Crippen LogP contribution is 2.29. The zero-order chi connectivity index (χ0) is 18.3. The maximum absolute atomic E-state index is 12.5. The highest BCUT2D eigenvalue weighted by Gasteiger charge is 2.29. The molecule has 0 spiro atoms. The predicted molar refractivity (Wildman–Crippen MR) is 94.8 cm³/mol. The monoisotopic (exact) mass is 370 g/mol. The molecule has 0 radical (unpaired) electrons. The van der Waals surface area contributed by atoms with Crippen LogP contribution in [0.4, 0.5) is 13.2 Å². The van der Waals surface area contributed by atoms with Crippen LogP contribution in [0.25, 0.3) is 0 Å². The summed E-state index contributed by atoms with van der Waals surface area (Å²) in [5.74, 6) is 0.681. The molecule has 1 aromatic carbocycles. The summed E-state index contributed by atoms with van der Waals surface area (Å²) in [6.45, 7) is 5.78. The summed E-state index contributed by atoms with van der Waals surface area (Å²) in [7, 11) is 0. The first-order valence-electron chi connectivity index (χ1n) is 7.98. The van der Waals surface area contributed by atoms with E-state index in [1.807, 2.05) is 20.0 Å². The van der Waals surface area contributed by atoms with Crippen molar-refractivity contribution in [1.82, 2.24) is 15.6 Å². The van der Waals surface area contributed by atoms with Crippen molar-refractivity contribution in [1.29, 1.82) is 0 Å². The van der Waals surface area contributed by atoms with E-state index < -0.39 is 11.7 Å². The molecule has 0 atom stereocenters. The molecule has 0 fully saturated rings. The van der Waals surface area contributed by atoms with Gasteiger partial charge in [-0.2, -0.15) is 13.2 Å². The largest absolute Gasteiger partial charge is 0.416 e.